The zero-order valence-electron chi connectivity index (χ0n) is 10.8. The van der Waals surface area contributed by atoms with E-state index in [0.717, 1.165) is 30.1 Å². The molecule has 0 saturated carbocycles. The van der Waals surface area contributed by atoms with Gasteiger partial charge in [-0.15, -0.1) is 11.3 Å². The predicted octanol–water partition coefficient (Wildman–Crippen LogP) is 4.56. The number of aryl methyl sites for hydroxylation is 2. The van der Waals surface area contributed by atoms with Crippen LogP contribution in [0.4, 0.5) is 0 Å². The molecule has 0 amide bonds. The molecule has 1 aromatic heterocycles. The van der Waals surface area contributed by atoms with Gasteiger partial charge in [0, 0.05) is 23.0 Å². The highest BCUT2D eigenvalue weighted by Gasteiger charge is 2.03. The number of hydrogen-bond donors (Lipinski definition) is 1. The Balaban J connectivity index is 1.92. The average Bonchev–Trinajstić information content (AvgIpc) is 2.79. The van der Waals surface area contributed by atoms with Crippen LogP contribution in [0.15, 0.2) is 29.6 Å². The van der Waals surface area contributed by atoms with Gasteiger partial charge in [-0.1, -0.05) is 30.7 Å². The lowest BCUT2D eigenvalue weighted by atomic mass is 10.1. The number of rotatable bonds is 5. The van der Waals surface area contributed by atoms with Crippen molar-refractivity contribution in [1.82, 2.24) is 5.32 Å². The molecule has 2 aromatic rings. The van der Waals surface area contributed by atoms with Crippen molar-refractivity contribution in [2.24, 2.45) is 0 Å². The molecular formula is C15H18ClNS. The van der Waals surface area contributed by atoms with Crippen molar-refractivity contribution in [2.45, 2.75) is 33.4 Å². The minimum Gasteiger partial charge on any atom is -0.308 e. The third-order valence-electron chi connectivity index (χ3n) is 3.03. The van der Waals surface area contributed by atoms with Crippen molar-refractivity contribution < 1.29 is 0 Å². The standard InChI is InChI=1S/C15H18ClNS/c1-3-12-6-7-18-15(12)10-17-9-13-5-4-11(2)8-14(13)16/h4-8,17H,3,9-10H2,1-2H3. The van der Waals surface area contributed by atoms with Gasteiger partial charge in [0.2, 0.25) is 0 Å². The Morgan fingerprint density at radius 1 is 1.17 bits per heavy atom. The molecule has 0 aliphatic carbocycles. The number of thiophene rings is 1. The SMILES string of the molecule is CCc1ccsc1CNCc1ccc(C)cc1Cl. The Morgan fingerprint density at radius 3 is 2.72 bits per heavy atom. The number of hydrogen-bond acceptors (Lipinski definition) is 2. The molecule has 0 aliphatic heterocycles. The van der Waals surface area contributed by atoms with Gasteiger partial charge < -0.3 is 5.32 Å². The van der Waals surface area contributed by atoms with Crippen LogP contribution in [0.2, 0.25) is 5.02 Å². The van der Waals surface area contributed by atoms with Gasteiger partial charge in [-0.2, -0.15) is 0 Å². The Bertz CT molecular complexity index is 519. The quantitative estimate of drug-likeness (QED) is 0.846. The summed E-state index contributed by atoms with van der Waals surface area (Å²) in [5, 5.41) is 6.48. The zero-order valence-corrected chi connectivity index (χ0v) is 12.4. The first-order chi connectivity index (χ1) is 8.70. The summed E-state index contributed by atoms with van der Waals surface area (Å²) in [6, 6.07) is 8.42. The van der Waals surface area contributed by atoms with E-state index in [2.05, 4.69) is 42.7 Å². The van der Waals surface area contributed by atoms with E-state index in [4.69, 9.17) is 11.6 Å². The summed E-state index contributed by atoms with van der Waals surface area (Å²) in [5.41, 5.74) is 3.81. The van der Waals surface area contributed by atoms with Gasteiger partial charge in [-0.05, 0) is 47.5 Å². The molecule has 0 radical (unpaired) electrons. The van der Waals surface area contributed by atoms with E-state index < -0.39 is 0 Å². The highest BCUT2D eigenvalue weighted by Crippen LogP contribution is 2.19. The van der Waals surface area contributed by atoms with E-state index in [1.807, 2.05) is 17.4 Å². The summed E-state index contributed by atoms with van der Waals surface area (Å²) in [4.78, 5) is 1.43. The minimum absolute atomic E-state index is 0.820. The lowest BCUT2D eigenvalue weighted by Gasteiger charge is -2.07. The summed E-state index contributed by atoms with van der Waals surface area (Å²) in [6.45, 7) is 6.00. The smallest absolute Gasteiger partial charge is 0.0453 e. The van der Waals surface area contributed by atoms with Crippen molar-refractivity contribution >= 4 is 22.9 Å². The Hall–Kier alpha value is -0.830. The minimum atomic E-state index is 0.820. The van der Waals surface area contributed by atoms with Crippen molar-refractivity contribution in [1.29, 1.82) is 0 Å². The highest BCUT2D eigenvalue weighted by atomic mass is 35.5. The summed E-state index contributed by atoms with van der Waals surface area (Å²) in [5.74, 6) is 0. The highest BCUT2D eigenvalue weighted by molar-refractivity contribution is 7.10. The molecule has 0 unspecified atom stereocenters. The molecule has 1 heterocycles. The number of benzene rings is 1. The fourth-order valence-corrected chi connectivity index (χ4v) is 3.19. The van der Waals surface area contributed by atoms with Gasteiger partial charge in [0.05, 0.1) is 0 Å². The lowest BCUT2D eigenvalue weighted by Crippen LogP contribution is -2.13. The maximum Gasteiger partial charge on any atom is 0.0453 e. The second-order valence-electron chi connectivity index (χ2n) is 4.42. The monoisotopic (exact) mass is 279 g/mol. The molecule has 1 nitrogen and oxygen atoms in total. The van der Waals surface area contributed by atoms with Gasteiger partial charge in [-0.3, -0.25) is 0 Å². The zero-order chi connectivity index (χ0) is 13.0. The molecule has 2 rings (SSSR count). The molecule has 0 aliphatic rings. The van der Waals surface area contributed by atoms with Crippen LogP contribution in [0, 0.1) is 6.92 Å². The average molecular weight is 280 g/mol. The summed E-state index contributed by atoms with van der Waals surface area (Å²) >= 11 is 8.03. The molecule has 0 saturated heterocycles. The van der Waals surface area contributed by atoms with Gasteiger partial charge >= 0.3 is 0 Å². The molecule has 96 valence electrons. The first-order valence-electron chi connectivity index (χ1n) is 6.21. The van der Waals surface area contributed by atoms with Gasteiger partial charge in [-0.25, -0.2) is 0 Å². The van der Waals surface area contributed by atoms with Crippen molar-refractivity contribution in [3.8, 4) is 0 Å². The number of nitrogens with one attached hydrogen (secondary N) is 1. The van der Waals surface area contributed by atoms with E-state index in [1.54, 1.807) is 0 Å². The predicted molar refractivity (Wildman–Crippen MR) is 80.4 cm³/mol. The van der Waals surface area contributed by atoms with Crippen LogP contribution >= 0.6 is 22.9 Å². The van der Waals surface area contributed by atoms with Crippen LogP contribution in [-0.2, 0) is 19.5 Å². The molecule has 0 bridgehead atoms. The van der Waals surface area contributed by atoms with E-state index in [0.29, 0.717) is 0 Å². The second kappa shape index (κ2) is 6.37. The van der Waals surface area contributed by atoms with Gasteiger partial charge in [0.1, 0.15) is 0 Å². The van der Waals surface area contributed by atoms with Crippen LogP contribution in [0.1, 0.15) is 28.5 Å². The Kier molecular flexibility index (Phi) is 4.81. The molecule has 3 heteroatoms. The molecule has 0 fully saturated rings. The topological polar surface area (TPSA) is 12.0 Å². The van der Waals surface area contributed by atoms with E-state index in [1.165, 1.54) is 16.0 Å². The van der Waals surface area contributed by atoms with E-state index >= 15 is 0 Å². The van der Waals surface area contributed by atoms with Crippen molar-refractivity contribution in [3.63, 3.8) is 0 Å². The Labute approximate surface area is 118 Å². The largest absolute Gasteiger partial charge is 0.308 e. The molecule has 18 heavy (non-hydrogen) atoms. The molecule has 1 N–H and O–H groups in total. The van der Waals surface area contributed by atoms with Crippen LogP contribution in [0.3, 0.4) is 0 Å². The van der Waals surface area contributed by atoms with Crippen LogP contribution in [0.25, 0.3) is 0 Å². The summed E-state index contributed by atoms with van der Waals surface area (Å²) in [6.07, 6.45) is 1.10. The van der Waals surface area contributed by atoms with Crippen molar-refractivity contribution in [3.05, 3.63) is 56.2 Å². The fourth-order valence-electron chi connectivity index (χ4n) is 1.94. The number of halogens is 1. The Morgan fingerprint density at radius 2 is 2.00 bits per heavy atom. The van der Waals surface area contributed by atoms with Crippen LogP contribution < -0.4 is 5.32 Å². The molecule has 0 atom stereocenters. The van der Waals surface area contributed by atoms with Crippen LogP contribution in [-0.4, -0.2) is 0 Å². The van der Waals surface area contributed by atoms with Crippen LogP contribution in [0.5, 0.6) is 0 Å². The third kappa shape index (κ3) is 3.35. The second-order valence-corrected chi connectivity index (χ2v) is 5.83. The fraction of sp³-hybridized carbons (Fsp3) is 0.333. The first-order valence-corrected chi connectivity index (χ1v) is 7.47. The molecular weight excluding hydrogens is 262 g/mol. The van der Waals surface area contributed by atoms with Gasteiger partial charge in [0.15, 0.2) is 0 Å². The molecule has 0 spiro atoms. The maximum absolute atomic E-state index is 6.21. The van der Waals surface area contributed by atoms with Crippen molar-refractivity contribution in [2.75, 3.05) is 0 Å². The summed E-state index contributed by atoms with van der Waals surface area (Å²) < 4.78 is 0. The first kappa shape index (κ1) is 13.6. The van der Waals surface area contributed by atoms with E-state index in [-0.39, 0.29) is 0 Å². The van der Waals surface area contributed by atoms with Gasteiger partial charge in [0.25, 0.3) is 0 Å². The maximum atomic E-state index is 6.21. The lowest BCUT2D eigenvalue weighted by molar-refractivity contribution is 0.697. The third-order valence-corrected chi connectivity index (χ3v) is 4.34. The molecule has 1 aromatic carbocycles. The summed E-state index contributed by atoms with van der Waals surface area (Å²) in [7, 11) is 0. The van der Waals surface area contributed by atoms with E-state index in [9.17, 15) is 0 Å². The normalized spacial score (nSPS) is 10.8.